The summed E-state index contributed by atoms with van der Waals surface area (Å²) in [5.41, 5.74) is 2.06. The summed E-state index contributed by atoms with van der Waals surface area (Å²) in [4.78, 5) is 28.9. The lowest BCUT2D eigenvalue weighted by atomic mass is 9.99. The van der Waals surface area contributed by atoms with Crippen LogP contribution >= 0.6 is 11.6 Å². The summed E-state index contributed by atoms with van der Waals surface area (Å²) < 4.78 is 21.5. The first-order chi connectivity index (χ1) is 16.3. The van der Waals surface area contributed by atoms with Gasteiger partial charge in [-0.3, -0.25) is 19.2 Å². The molecule has 0 saturated carbocycles. The van der Waals surface area contributed by atoms with Crippen LogP contribution < -0.4 is 16.0 Å². The maximum Gasteiger partial charge on any atom is 0.328 e. The van der Waals surface area contributed by atoms with Gasteiger partial charge < -0.3 is 4.74 Å². The summed E-state index contributed by atoms with van der Waals surface area (Å²) in [6, 6.07) is 10.1. The number of likely N-dealkylation sites (tertiary alicyclic amines) is 1. The summed E-state index contributed by atoms with van der Waals surface area (Å²) in [5, 5.41) is 0.287. The average Bonchev–Trinajstić information content (AvgIpc) is 2.78. The van der Waals surface area contributed by atoms with Gasteiger partial charge in [0.1, 0.15) is 17.3 Å². The Morgan fingerprint density at radius 2 is 2.06 bits per heavy atom. The molecule has 2 heterocycles. The molecule has 1 aromatic heterocycles. The highest BCUT2D eigenvalue weighted by Crippen LogP contribution is 2.32. The lowest BCUT2D eigenvalue weighted by Crippen LogP contribution is -2.41. The number of ether oxygens (including phenoxy) is 1. The number of aromatic nitrogens is 2. The van der Waals surface area contributed by atoms with Gasteiger partial charge in [0.15, 0.2) is 0 Å². The van der Waals surface area contributed by atoms with E-state index in [2.05, 4.69) is 22.9 Å². The number of piperidine rings is 1. The zero-order valence-corrected chi connectivity index (χ0v) is 20.2. The number of hydrogen-bond donors (Lipinski definition) is 1. The van der Waals surface area contributed by atoms with Crippen molar-refractivity contribution in [3.05, 3.63) is 91.0 Å². The molecule has 1 aliphatic rings. The van der Waals surface area contributed by atoms with Crippen LogP contribution in [-0.2, 0) is 13.0 Å². The fraction of sp³-hybridized carbons (Fsp3) is 0.385. The molecule has 1 fully saturated rings. The topological polar surface area (TPSA) is 67.3 Å². The van der Waals surface area contributed by atoms with Crippen LogP contribution in [0.5, 0.6) is 11.5 Å². The van der Waals surface area contributed by atoms with Crippen LogP contribution in [0.4, 0.5) is 4.39 Å². The number of nitrogens with one attached hydrogen (secondary N) is 1. The first-order valence-electron chi connectivity index (χ1n) is 11.6. The maximum atomic E-state index is 13.8. The monoisotopic (exact) mass is 485 g/mol. The van der Waals surface area contributed by atoms with E-state index in [0.29, 0.717) is 30.2 Å². The first kappa shape index (κ1) is 24.2. The van der Waals surface area contributed by atoms with Crippen molar-refractivity contribution >= 4 is 11.6 Å². The minimum atomic E-state index is -0.442. The van der Waals surface area contributed by atoms with Gasteiger partial charge >= 0.3 is 5.69 Å². The molecule has 0 aliphatic carbocycles. The smallest absolute Gasteiger partial charge is 0.328 e. The maximum absolute atomic E-state index is 13.8. The number of hydrogen-bond acceptors (Lipinski definition) is 4. The normalized spacial score (nSPS) is 16.5. The van der Waals surface area contributed by atoms with Gasteiger partial charge in [0, 0.05) is 35.9 Å². The molecule has 1 aliphatic heterocycles. The Morgan fingerprint density at radius 1 is 1.24 bits per heavy atom. The molecule has 6 nitrogen and oxygen atoms in total. The zero-order chi connectivity index (χ0) is 24.2. The number of halogens is 2. The van der Waals surface area contributed by atoms with Gasteiger partial charge in [-0.2, -0.15) is 0 Å². The zero-order valence-electron chi connectivity index (χ0n) is 19.4. The van der Waals surface area contributed by atoms with E-state index in [-0.39, 0.29) is 22.3 Å². The van der Waals surface area contributed by atoms with E-state index >= 15 is 0 Å². The molecule has 0 radical (unpaired) electrons. The van der Waals surface area contributed by atoms with Crippen molar-refractivity contribution in [3.8, 4) is 11.5 Å². The average molecular weight is 486 g/mol. The summed E-state index contributed by atoms with van der Waals surface area (Å²) in [6.07, 6.45) is 5.26. The predicted octanol–water partition coefficient (Wildman–Crippen LogP) is 5.22. The number of nitrogens with zero attached hydrogens (tertiary/aromatic N) is 2. The molecule has 1 saturated heterocycles. The van der Waals surface area contributed by atoms with Gasteiger partial charge in [-0.05, 0) is 62.1 Å². The largest absolute Gasteiger partial charge is 0.457 e. The lowest BCUT2D eigenvalue weighted by Gasteiger charge is -2.34. The van der Waals surface area contributed by atoms with Crippen LogP contribution in [0.2, 0.25) is 5.02 Å². The molecular formula is C26H29ClFN3O3. The van der Waals surface area contributed by atoms with E-state index in [1.807, 2.05) is 12.1 Å². The van der Waals surface area contributed by atoms with Crippen LogP contribution in [0, 0.1) is 12.7 Å². The van der Waals surface area contributed by atoms with E-state index in [9.17, 15) is 14.0 Å². The number of aromatic amines is 1. The highest BCUT2D eigenvalue weighted by molar-refractivity contribution is 6.30. The second-order valence-corrected chi connectivity index (χ2v) is 9.30. The predicted molar refractivity (Wildman–Crippen MR) is 132 cm³/mol. The number of benzene rings is 2. The number of aryl methyl sites for hydroxylation is 1. The lowest BCUT2D eigenvalue weighted by molar-refractivity contribution is 0.166. The van der Waals surface area contributed by atoms with Gasteiger partial charge in [0.05, 0.1) is 6.04 Å². The van der Waals surface area contributed by atoms with Gasteiger partial charge in [-0.15, -0.1) is 0 Å². The minimum absolute atomic E-state index is 0.000272. The summed E-state index contributed by atoms with van der Waals surface area (Å²) in [6.45, 7) is 6.17. The Hall–Kier alpha value is -2.90. The molecule has 0 bridgehead atoms. The van der Waals surface area contributed by atoms with Crippen molar-refractivity contribution in [2.45, 2.75) is 52.1 Å². The SMILES string of the molecule is CCCc1c(CN2CCC[C@H](n3cc(C)c(=O)[nH]c3=O)C2)cccc1Oc1cc(F)cc(Cl)c1. The van der Waals surface area contributed by atoms with E-state index in [4.69, 9.17) is 16.3 Å². The molecule has 8 heteroatoms. The molecule has 180 valence electrons. The molecule has 1 atom stereocenters. The number of H-pyrrole nitrogens is 1. The van der Waals surface area contributed by atoms with Gasteiger partial charge in [-0.1, -0.05) is 37.1 Å². The summed E-state index contributed by atoms with van der Waals surface area (Å²) in [5.74, 6) is 0.621. The van der Waals surface area contributed by atoms with E-state index in [1.165, 1.54) is 12.1 Å². The molecule has 3 aromatic rings. The number of rotatable bonds is 7. The molecule has 34 heavy (non-hydrogen) atoms. The third-order valence-electron chi connectivity index (χ3n) is 6.21. The third-order valence-corrected chi connectivity index (χ3v) is 6.43. The Morgan fingerprint density at radius 3 is 2.82 bits per heavy atom. The second-order valence-electron chi connectivity index (χ2n) is 8.86. The fourth-order valence-electron chi connectivity index (χ4n) is 4.60. The van der Waals surface area contributed by atoms with Crippen LogP contribution in [0.25, 0.3) is 0 Å². The third kappa shape index (κ3) is 5.59. The fourth-order valence-corrected chi connectivity index (χ4v) is 4.81. The van der Waals surface area contributed by atoms with Crippen molar-refractivity contribution in [1.29, 1.82) is 0 Å². The van der Waals surface area contributed by atoms with E-state index < -0.39 is 5.82 Å². The molecule has 2 aromatic carbocycles. The van der Waals surface area contributed by atoms with Gasteiger partial charge in [0.25, 0.3) is 5.56 Å². The first-order valence-corrected chi connectivity index (χ1v) is 12.0. The van der Waals surface area contributed by atoms with Crippen molar-refractivity contribution in [3.63, 3.8) is 0 Å². The highest BCUT2D eigenvalue weighted by Gasteiger charge is 2.24. The van der Waals surface area contributed by atoms with Crippen molar-refractivity contribution in [1.82, 2.24) is 14.5 Å². The van der Waals surface area contributed by atoms with Crippen molar-refractivity contribution in [2.24, 2.45) is 0 Å². The van der Waals surface area contributed by atoms with Crippen LogP contribution in [0.1, 0.15) is 48.9 Å². The van der Waals surface area contributed by atoms with Crippen molar-refractivity contribution < 1.29 is 9.13 Å². The summed E-state index contributed by atoms with van der Waals surface area (Å²) in [7, 11) is 0. The van der Waals surface area contributed by atoms with Crippen LogP contribution in [-0.4, -0.2) is 27.5 Å². The molecule has 4 rings (SSSR count). The van der Waals surface area contributed by atoms with E-state index in [1.54, 1.807) is 23.8 Å². The Balaban J connectivity index is 1.57. The Bertz CT molecular complexity index is 1270. The van der Waals surface area contributed by atoms with Crippen molar-refractivity contribution in [2.75, 3.05) is 13.1 Å². The van der Waals surface area contributed by atoms with E-state index in [0.717, 1.165) is 43.4 Å². The molecule has 0 spiro atoms. The standard InChI is InChI=1S/C26H29ClFN3O3/c1-3-6-23-18(7-4-9-24(23)34-22-12-19(27)11-20(28)13-22)15-30-10-5-8-21(16-30)31-14-17(2)25(32)29-26(31)33/h4,7,9,11-14,21H,3,5-6,8,10,15-16H2,1-2H3,(H,29,32,33)/t21-/m0/s1. The molecular weight excluding hydrogens is 457 g/mol. The quantitative estimate of drug-likeness (QED) is 0.498. The molecule has 1 N–H and O–H groups in total. The Labute approximate surface area is 203 Å². The second kappa shape index (κ2) is 10.6. The van der Waals surface area contributed by atoms with Gasteiger partial charge in [-0.25, -0.2) is 9.18 Å². The summed E-state index contributed by atoms with van der Waals surface area (Å²) >= 11 is 6.00. The highest BCUT2D eigenvalue weighted by atomic mass is 35.5. The van der Waals surface area contributed by atoms with Crippen LogP contribution in [0.15, 0.2) is 52.2 Å². The molecule has 0 amide bonds. The van der Waals surface area contributed by atoms with Gasteiger partial charge in [0.2, 0.25) is 0 Å². The minimum Gasteiger partial charge on any atom is -0.457 e. The Kier molecular flexibility index (Phi) is 7.54. The van der Waals surface area contributed by atoms with Crippen LogP contribution in [0.3, 0.4) is 0 Å². The molecule has 0 unspecified atom stereocenters.